The molecule has 200 valence electrons. The molecule has 4 rings (SSSR count). The van der Waals surface area contributed by atoms with Crippen molar-refractivity contribution in [2.45, 2.75) is 50.8 Å². The van der Waals surface area contributed by atoms with Gasteiger partial charge in [-0.3, -0.25) is 9.21 Å². The zero-order chi connectivity index (χ0) is 27.5. The molecule has 2 atom stereocenters. The fourth-order valence-corrected chi connectivity index (χ4v) is 6.05. The number of carbonyl (C=O) groups is 1. The lowest BCUT2D eigenvalue weighted by Crippen LogP contribution is -2.42. The van der Waals surface area contributed by atoms with Crippen molar-refractivity contribution in [1.82, 2.24) is 9.21 Å². The molecule has 1 amide bonds. The maximum atomic E-state index is 13.7. The van der Waals surface area contributed by atoms with Crippen molar-refractivity contribution in [1.29, 1.82) is 0 Å². The van der Waals surface area contributed by atoms with E-state index < -0.39 is 27.8 Å². The summed E-state index contributed by atoms with van der Waals surface area (Å²) < 4.78 is 40.8. The first-order valence-corrected chi connectivity index (χ1v) is 13.9. The van der Waals surface area contributed by atoms with Gasteiger partial charge in [0, 0.05) is 30.4 Å². The van der Waals surface area contributed by atoms with Crippen LogP contribution in [0.2, 0.25) is 0 Å². The predicted molar refractivity (Wildman–Crippen MR) is 147 cm³/mol. The van der Waals surface area contributed by atoms with Crippen LogP contribution in [0.4, 0.5) is 4.79 Å². The first-order valence-electron chi connectivity index (χ1n) is 12.5. The quantitative estimate of drug-likeness (QED) is 0.388. The zero-order valence-electron chi connectivity index (χ0n) is 22.2. The number of rotatable bonds is 8. The Labute approximate surface area is 225 Å². The third-order valence-electron chi connectivity index (χ3n) is 6.21. The smallest absolute Gasteiger partial charge is 0.415 e. The Kier molecular flexibility index (Phi) is 7.83. The topological polar surface area (TPSA) is 76.2 Å². The van der Waals surface area contributed by atoms with Gasteiger partial charge in [0.2, 0.25) is 0 Å². The number of nitrogens with zero attached hydrogens (tertiary/aromatic N) is 2. The first-order chi connectivity index (χ1) is 18.0. The van der Waals surface area contributed by atoms with Gasteiger partial charge in [-0.2, -0.15) is 0 Å². The molecule has 1 aliphatic carbocycles. The van der Waals surface area contributed by atoms with E-state index in [-0.39, 0.29) is 24.0 Å². The molecule has 1 aliphatic heterocycles. The van der Waals surface area contributed by atoms with E-state index in [0.29, 0.717) is 11.5 Å². The summed E-state index contributed by atoms with van der Waals surface area (Å²) in [6.45, 7) is 11.6. The van der Waals surface area contributed by atoms with Gasteiger partial charge in [0.15, 0.2) is 0 Å². The van der Waals surface area contributed by atoms with Crippen molar-refractivity contribution in [2.24, 2.45) is 5.92 Å². The van der Waals surface area contributed by atoms with E-state index in [4.69, 9.17) is 9.47 Å². The van der Waals surface area contributed by atoms with Crippen molar-refractivity contribution in [3.63, 3.8) is 0 Å². The summed E-state index contributed by atoms with van der Waals surface area (Å²) in [5, 5.41) is 0. The van der Waals surface area contributed by atoms with Crippen molar-refractivity contribution in [3.8, 4) is 0 Å². The van der Waals surface area contributed by atoms with Crippen molar-refractivity contribution < 1.29 is 22.7 Å². The average Bonchev–Trinajstić information content (AvgIpc) is 3.23. The van der Waals surface area contributed by atoms with E-state index in [9.17, 15) is 13.2 Å². The minimum Gasteiger partial charge on any atom is -0.491 e. The lowest BCUT2D eigenvalue weighted by molar-refractivity contribution is 0.0333. The number of fused-ring (bicyclic) bond motifs is 1. The van der Waals surface area contributed by atoms with Crippen LogP contribution >= 0.6 is 0 Å². The number of allylic oxidation sites excluding steroid dienone is 1. The molecule has 0 bridgehead atoms. The molecule has 7 nitrogen and oxygen atoms in total. The van der Waals surface area contributed by atoms with Gasteiger partial charge in [-0.15, -0.1) is 6.58 Å². The number of sulfonamides is 1. The molecule has 2 aromatic rings. The minimum absolute atomic E-state index is 0.198. The van der Waals surface area contributed by atoms with Crippen LogP contribution in [0.25, 0.3) is 0 Å². The molecular weight excluding hydrogens is 500 g/mol. The Balaban J connectivity index is 1.75. The molecule has 0 saturated carbocycles. The van der Waals surface area contributed by atoms with Crippen molar-refractivity contribution in [2.75, 3.05) is 6.54 Å². The highest BCUT2D eigenvalue weighted by Gasteiger charge is 2.45. The normalized spacial score (nSPS) is 19.1. The molecular formula is C30H34N2O5S. The summed E-state index contributed by atoms with van der Waals surface area (Å²) in [7, 11) is -3.86. The fraction of sp³-hybridized carbons (Fsp3) is 0.300. The van der Waals surface area contributed by atoms with Gasteiger partial charge < -0.3 is 9.47 Å². The number of hydrogen-bond donors (Lipinski definition) is 0. The van der Waals surface area contributed by atoms with E-state index in [1.807, 2.05) is 64.1 Å². The zero-order valence-corrected chi connectivity index (χ0v) is 23.0. The van der Waals surface area contributed by atoms with Crippen LogP contribution in [-0.2, 0) is 26.1 Å². The summed E-state index contributed by atoms with van der Waals surface area (Å²) >= 11 is 0. The Hall–Kier alpha value is -3.78. The van der Waals surface area contributed by atoms with Crippen LogP contribution in [0.5, 0.6) is 0 Å². The van der Waals surface area contributed by atoms with E-state index in [0.717, 1.165) is 11.1 Å². The van der Waals surface area contributed by atoms with Crippen LogP contribution in [0.1, 0.15) is 33.3 Å². The fourth-order valence-electron chi connectivity index (χ4n) is 4.46. The molecule has 0 spiro atoms. The van der Waals surface area contributed by atoms with Gasteiger partial charge in [-0.1, -0.05) is 60.7 Å². The Bertz CT molecular complexity index is 1370. The molecule has 2 unspecified atom stereocenters. The molecule has 2 aromatic carbocycles. The van der Waals surface area contributed by atoms with E-state index in [2.05, 4.69) is 6.58 Å². The first kappa shape index (κ1) is 27.3. The summed E-state index contributed by atoms with van der Waals surface area (Å²) in [4.78, 5) is 14.8. The van der Waals surface area contributed by atoms with Crippen LogP contribution in [-0.4, -0.2) is 41.9 Å². The summed E-state index contributed by atoms with van der Waals surface area (Å²) in [5.74, 6) is 0.107. The van der Waals surface area contributed by atoms with Crippen LogP contribution < -0.4 is 0 Å². The van der Waals surface area contributed by atoms with Crippen LogP contribution in [0, 0.1) is 5.92 Å². The Morgan fingerprint density at radius 1 is 1.08 bits per heavy atom. The maximum absolute atomic E-state index is 13.7. The highest BCUT2D eigenvalue weighted by atomic mass is 32.2. The van der Waals surface area contributed by atoms with E-state index in [1.165, 1.54) is 9.21 Å². The second kappa shape index (κ2) is 10.9. The average molecular weight is 535 g/mol. The highest BCUT2D eigenvalue weighted by Crippen LogP contribution is 2.42. The van der Waals surface area contributed by atoms with E-state index >= 15 is 0 Å². The molecule has 1 heterocycles. The molecule has 0 aromatic heterocycles. The second-order valence-corrected chi connectivity index (χ2v) is 12.1. The van der Waals surface area contributed by atoms with Gasteiger partial charge in [0.25, 0.3) is 10.0 Å². The summed E-state index contributed by atoms with van der Waals surface area (Å²) in [6.07, 6.45) is 6.40. The number of carbonyl (C=O) groups excluding carboxylic acids is 1. The second-order valence-electron chi connectivity index (χ2n) is 10.3. The van der Waals surface area contributed by atoms with Crippen LogP contribution in [0.3, 0.4) is 0 Å². The van der Waals surface area contributed by atoms with Gasteiger partial charge in [-0.25, -0.2) is 13.2 Å². The Morgan fingerprint density at radius 2 is 1.71 bits per heavy atom. The molecule has 0 fully saturated rings. The molecule has 8 heteroatoms. The van der Waals surface area contributed by atoms with Gasteiger partial charge in [0.05, 0.1) is 4.90 Å². The third-order valence-corrected chi connectivity index (χ3v) is 7.96. The monoisotopic (exact) mass is 534 g/mol. The number of ether oxygens (including phenoxy) is 2. The molecule has 38 heavy (non-hydrogen) atoms. The largest absolute Gasteiger partial charge is 0.491 e. The van der Waals surface area contributed by atoms with E-state index in [1.54, 1.807) is 48.7 Å². The SMILES string of the molecule is C=CCN(C(=O)OC(C)(C)C)C1=CC2C(C)=CN(S(=O)(=O)c3ccccc3)C2C(OCc2ccccc2)=C1. The Morgan fingerprint density at radius 3 is 2.32 bits per heavy atom. The van der Waals surface area contributed by atoms with Crippen molar-refractivity contribution in [3.05, 3.63) is 114 Å². The van der Waals surface area contributed by atoms with Crippen molar-refractivity contribution >= 4 is 16.1 Å². The number of amides is 1. The lowest BCUT2D eigenvalue weighted by atomic mass is 9.89. The van der Waals surface area contributed by atoms with Gasteiger partial charge in [0.1, 0.15) is 24.0 Å². The molecule has 0 N–H and O–H groups in total. The van der Waals surface area contributed by atoms with Gasteiger partial charge in [-0.05, 0) is 51.0 Å². The molecule has 0 radical (unpaired) electrons. The third kappa shape index (κ3) is 5.86. The summed E-state index contributed by atoms with van der Waals surface area (Å²) in [5.41, 5.74) is 1.66. The predicted octanol–water partition coefficient (Wildman–Crippen LogP) is 6.00. The lowest BCUT2D eigenvalue weighted by Gasteiger charge is -2.35. The van der Waals surface area contributed by atoms with Gasteiger partial charge >= 0.3 is 6.09 Å². The maximum Gasteiger partial charge on any atom is 0.415 e. The number of benzene rings is 2. The molecule has 0 saturated heterocycles. The molecule has 2 aliphatic rings. The summed E-state index contributed by atoms with van der Waals surface area (Å²) in [6, 6.07) is 17.4. The minimum atomic E-state index is -3.86. The highest BCUT2D eigenvalue weighted by molar-refractivity contribution is 7.89. The number of hydrogen-bond acceptors (Lipinski definition) is 5. The van der Waals surface area contributed by atoms with Crippen LogP contribution in [0.15, 0.2) is 114 Å². The standard InChI is InChI=1S/C30H34N2O5S/c1-6-17-31(29(33)37-30(3,4)5)24-18-26-22(2)20-32(38(34,35)25-15-11-8-12-16-25)28(26)27(19-24)36-21-23-13-9-7-10-14-23/h6-16,18-20,26,28H,1,17,21H2,2-5H3.